The molecule has 1 amide bonds. The predicted molar refractivity (Wildman–Crippen MR) is 104 cm³/mol. The number of carbonyl (C=O) groups excluding carboxylic acids is 1. The smallest absolute Gasteiger partial charge is 0.257 e. The Morgan fingerprint density at radius 2 is 1.58 bits per heavy atom. The summed E-state index contributed by atoms with van der Waals surface area (Å²) < 4.78 is 15.8. The maximum atomic E-state index is 12.5. The second-order valence-electron chi connectivity index (χ2n) is 5.54. The van der Waals surface area contributed by atoms with Crippen LogP contribution in [0, 0.1) is 6.92 Å². The zero-order valence-corrected chi connectivity index (χ0v) is 16.0. The average molecular weight is 374 g/mol. The van der Waals surface area contributed by atoms with Crippen LogP contribution in [0.4, 0.5) is 0 Å². The Labute approximate surface area is 158 Å². The SMILES string of the molecule is COc1cc(C(=O)NC(=S)NCc2ccc(C)cc2)cc(OC)c1OC. The van der Waals surface area contributed by atoms with Gasteiger partial charge >= 0.3 is 0 Å². The van der Waals surface area contributed by atoms with Crippen molar-refractivity contribution < 1.29 is 19.0 Å². The number of methoxy groups -OCH3 is 3. The van der Waals surface area contributed by atoms with Crippen molar-refractivity contribution in [3.63, 3.8) is 0 Å². The molecule has 2 rings (SSSR count). The molecule has 0 aliphatic rings. The van der Waals surface area contributed by atoms with Crippen LogP contribution in [0.3, 0.4) is 0 Å². The molecule has 6 nitrogen and oxygen atoms in total. The van der Waals surface area contributed by atoms with E-state index in [0.717, 1.165) is 5.56 Å². The van der Waals surface area contributed by atoms with E-state index in [0.29, 0.717) is 29.4 Å². The molecule has 0 radical (unpaired) electrons. The van der Waals surface area contributed by atoms with Crippen LogP contribution in [-0.2, 0) is 6.54 Å². The molecule has 0 unspecified atom stereocenters. The highest BCUT2D eigenvalue weighted by atomic mass is 32.1. The van der Waals surface area contributed by atoms with Gasteiger partial charge in [0.1, 0.15) is 0 Å². The molecule has 0 bridgehead atoms. The molecule has 0 aliphatic carbocycles. The third kappa shape index (κ3) is 4.86. The second kappa shape index (κ2) is 9.05. The number of hydrogen-bond acceptors (Lipinski definition) is 5. The fourth-order valence-electron chi connectivity index (χ4n) is 2.32. The fraction of sp³-hybridized carbons (Fsp3) is 0.263. The number of benzene rings is 2. The lowest BCUT2D eigenvalue weighted by atomic mass is 10.1. The summed E-state index contributed by atoms with van der Waals surface area (Å²) in [6.07, 6.45) is 0. The van der Waals surface area contributed by atoms with Gasteiger partial charge in [-0.3, -0.25) is 10.1 Å². The Hall–Kier alpha value is -2.80. The van der Waals surface area contributed by atoms with Crippen molar-refractivity contribution in [1.82, 2.24) is 10.6 Å². The van der Waals surface area contributed by atoms with Gasteiger partial charge in [-0.25, -0.2) is 0 Å². The van der Waals surface area contributed by atoms with Crippen LogP contribution in [0.2, 0.25) is 0 Å². The normalized spacial score (nSPS) is 10.0. The van der Waals surface area contributed by atoms with E-state index in [4.69, 9.17) is 26.4 Å². The molecule has 0 spiro atoms. The lowest BCUT2D eigenvalue weighted by Gasteiger charge is -2.14. The van der Waals surface area contributed by atoms with Gasteiger partial charge in [-0.1, -0.05) is 29.8 Å². The number of rotatable bonds is 6. The molecule has 26 heavy (non-hydrogen) atoms. The first-order valence-corrected chi connectivity index (χ1v) is 8.34. The van der Waals surface area contributed by atoms with Gasteiger partial charge in [0.25, 0.3) is 5.91 Å². The number of ether oxygens (including phenoxy) is 3. The highest BCUT2D eigenvalue weighted by Gasteiger charge is 2.17. The van der Waals surface area contributed by atoms with Crippen molar-refractivity contribution in [3.05, 3.63) is 53.1 Å². The van der Waals surface area contributed by atoms with Crippen LogP contribution in [0.5, 0.6) is 17.2 Å². The highest BCUT2D eigenvalue weighted by Crippen LogP contribution is 2.38. The minimum atomic E-state index is -0.370. The minimum Gasteiger partial charge on any atom is -0.493 e. The molecule has 2 N–H and O–H groups in total. The molecule has 0 aliphatic heterocycles. The zero-order chi connectivity index (χ0) is 19.1. The lowest BCUT2D eigenvalue weighted by Crippen LogP contribution is -2.38. The number of carbonyl (C=O) groups is 1. The Kier molecular flexibility index (Phi) is 6.80. The van der Waals surface area contributed by atoms with Gasteiger partial charge in [0, 0.05) is 12.1 Å². The Morgan fingerprint density at radius 3 is 2.08 bits per heavy atom. The number of nitrogens with one attached hydrogen (secondary N) is 2. The molecule has 0 saturated heterocycles. The van der Waals surface area contributed by atoms with Crippen LogP contribution in [0.15, 0.2) is 36.4 Å². The van der Waals surface area contributed by atoms with Crippen molar-refractivity contribution in [3.8, 4) is 17.2 Å². The summed E-state index contributed by atoms with van der Waals surface area (Å²) in [5.74, 6) is 0.850. The van der Waals surface area contributed by atoms with Gasteiger partial charge in [-0.15, -0.1) is 0 Å². The van der Waals surface area contributed by atoms with Crippen LogP contribution >= 0.6 is 12.2 Å². The largest absolute Gasteiger partial charge is 0.493 e. The quantitative estimate of drug-likeness (QED) is 0.758. The van der Waals surface area contributed by atoms with E-state index < -0.39 is 0 Å². The van der Waals surface area contributed by atoms with E-state index in [1.54, 1.807) is 12.1 Å². The van der Waals surface area contributed by atoms with Gasteiger partial charge < -0.3 is 19.5 Å². The van der Waals surface area contributed by atoms with E-state index in [1.807, 2.05) is 31.2 Å². The van der Waals surface area contributed by atoms with Crippen molar-refractivity contribution in [2.45, 2.75) is 13.5 Å². The number of amides is 1. The molecule has 0 aromatic heterocycles. The Bertz CT molecular complexity index is 766. The maximum absolute atomic E-state index is 12.5. The fourth-order valence-corrected chi connectivity index (χ4v) is 2.48. The molecule has 2 aromatic carbocycles. The summed E-state index contributed by atoms with van der Waals surface area (Å²) >= 11 is 5.20. The third-order valence-corrected chi connectivity index (χ3v) is 3.97. The molecule has 7 heteroatoms. The van der Waals surface area contributed by atoms with Crippen LogP contribution in [-0.4, -0.2) is 32.3 Å². The summed E-state index contributed by atoms with van der Waals surface area (Å²) in [5.41, 5.74) is 2.60. The van der Waals surface area contributed by atoms with Crippen molar-refractivity contribution >= 4 is 23.2 Å². The van der Waals surface area contributed by atoms with Crippen molar-refractivity contribution in [2.24, 2.45) is 0 Å². The topological polar surface area (TPSA) is 68.8 Å². The zero-order valence-electron chi connectivity index (χ0n) is 15.2. The van der Waals surface area contributed by atoms with E-state index in [1.165, 1.54) is 26.9 Å². The molecule has 0 fully saturated rings. The van der Waals surface area contributed by atoms with E-state index in [2.05, 4.69) is 10.6 Å². The Balaban J connectivity index is 2.04. The molecule has 0 atom stereocenters. The van der Waals surface area contributed by atoms with Crippen LogP contribution < -0.4 is 24.8 Å². The molecule has 0 heterocycles. The summed E-state index contributed by atoms with van der Waals surface area (Å²) in [6.45, 7) is 2.55. The minimum absolute atomic E-state index is 0.240. The van der Waals surface area contributed by atoms with Gasteiger partial charge in [-0.05, 0) is 36.8 Å². The van der Waals surface area contributed by atoms with Gasteiger partial charge in [-0.2, -0.15) is 0 Å². The number of hydrogen-bond donors (Lipinski definition) is 2. The second-order valence-corrected chi connectivity index (χ2v) is 5.94. The predicted octanol–water partition coefficient (Wildman–Crippen LogP) is 2.83. The highest BCUT2D eigenvalue weighted by molar-refractivity contribution is 7.80. The first kappa shape index (κ1) is 19.5. The maximum Gasteiger partial charge on any atom is 0.257 e. The van der Waals surface area contributed by atoms with E-state index in [9.17, 15) is 4.79 Å². The summed E-state index contributed by atoms with van der Waals surface area (Å²) in [6, 6.07) is 11.2. The summed E-state index contributed by atoms with van der Waals surface area (Å²) in [7, 11) is 4.49. The van der Waals surface area contributed by atoms with E-state index in [-0.39, 0.29) is 11.0 Å². The molecule has 0 saturated carbocycles. The van der Waals surface area contributed by atoms with E-state index >= 15 is 0 Å². The molecular formula is C19H22N2O4S. The van der Waals surface area contributed by atoms with Crippen LogP contribution in [0.1, 0.15) is 21.5 Å². The van der Waals surface area contributed by atoms with Gasteiger partial charge in [0.15, 0.2) is 16.6 Å². The summed E-state index contributed by atoms with van der Waals surface area (Å²) in [4.78, 5) is 12.5. The first-order valence-electron chi connectivity index (χ1n) is 7.93. The van der Waals surface area contributed by atoms with Crippen molar-refractivity contribution in [2.75, 3.05) is 21.3 Å². The average Bonchev–Trinajstić information content (AvgIpc) is 2.66. The number of thiocarbonyl (C=S) groups is 1. The standard InChI is InChI=1S/C19H22N2O4S/c1-12-5-7-13(8-6-12)11-20-19(26)21-18(22)14-9-15(23-2)17(25-4)16(10-14)24-3/h5-10H,11H2,1-4H3,(H2,20,21,22,26). The molecular weight excluding hydrogens is 352 g/mol. The van der Waals surface area contributed by atoms with Gasteiger partial charge in [0.2, 0.25) is 5.75 Å². The lowest BCUT2D eigenvalue weighted by molar-refractivity contribution is 0.0976. The van der Waals surface area contributed by atoms with Crippen LogP contribution in [0.25, 0.3) is 0 Å². The summed E-state index contributed by atoms with van der Waals surface area (Å²) in [5, 5.41) is 5.90. The monoisotopic (exact) mass is 374 g/mol. The third-order valence-electron chi connectivity index (χ3n) is 3.73. The number of aryl methyl sites for hydroxylation is 1. The Morgan fingerprint density at radius 1 is 1.00 bits per heavy atom. The molecule has 2 aromatic rings. The van der Waals surface area contributed by atoms with Gasteiger partial charge in [0.05, 0.1) is 21.3 Å². The molecule has 138 valence electrons. The van der Waals surface area contributed by atoms with Crippen molar-refractivity contribution in [1.29, 1.82) is 0 Å². The first-order chi connectivity index (χ1) is 12.5.